The average molecular weight is 215 g/mol. The van der Waals surface area contributed by atoms with E-state index in [0.29, 0.717) is 13.0 Å². The largest absolute Gasteiger partial charge is 0.443 e. The molecule has 6 heteroatoms. The van der Waals surface area contributed by atoms with Gasteiger partial charge in [-0.25, -0.2) is 15.2 Å². The lowest BCUT2D eigenvalue weighted by atomic mass is 10.2. The molecule has 0 saturated carbocycles. The summed E-state index contributed by atoms with van der Waals surface area (Å²) < 4.78 is 5.00. The van der Waals surface area contributed by atoms with Gasteiger partial charge in [0.2, 0.25) is 0 Å². The van der Waals surface area contributed by atoms with Crippen LogP contribution in [0.1, 0.15) is 27.2 Å². The van der Waals surface area contributed by atoms with E-state index in [9.17, 15) is 9.59 Å². The van der Waals surface area contributed by atoms with Crippen molar-refractivity contribution in [3.8, 4) is 0 Å². The number of hydrogen-bond donors (Lipinski definition) is 2. The standard InChI is InChI=1S/C9H17N3O3/c1-9(2,3)15-8(14)11-12-5-4-6(10)7(12)13/h6H,4-5,10H2,1-3H3,(H,11,14)/t6-/m0/s1. The Balaban J connectivity index is 2.43. The van der Waals surface area contributed by atoms with Gasteiger partial charge >= 0.3 is 6.09 Å². The average Bonchev–Trinajstić information content (AvgIpc) is 2.32. The molecule has 1 fully saturated rings. The van der Waals surface area contributed by atoms with Gasteiger partial charge < -0.3 is 10.5 Å². The molecular formula is C9H17N3O3. The van der Waals surface area contributed by atoms with Crippen LogP contribution in [0.2, 0.25) is 0 Å². The highest BCUT2D eigenvalue weighted by Gasteiger charge is 2.30. The van der Waals surface area contributed by atoms with Gasteiger partial charge in [0.15, 0.2) is 0 Å². The summed E-state index contributed by atoms with van der Waals surface area (Å²) in [6.45, 7) is 5.69. The molecule has 0 aromatic carbocycles. The van der Waals surface area contributed by atoms with Crippen LogP contribution < -0.4 is 11.2 Å². The quantitative estimate of drug-likeness (QED) is 0.644. The van der Waals surface area contributed by atoms with Gasteiger partial charge in [-0.1, -0.05) is 0 Å². The van der Waals surface area contributed by atoms with E-state index in [4.69, 9.17) is 10.5 Å². The van der Waals surface area contributed by atoms with E-state index in [0.717, 1.165) is 0 Å². The normalized spacial score (nSPS) is 21.7. The smallest absolute Gasteiger partial charge is 0.426 e. The predicted molar refractivity (Wildman–Crippen MR) is 53.7 cm³/mol. The number of rotatable bonds is 1. The first-order chi connectivity index (χ1) is 6.79. The van der Waals surface area contributed by atoms with Crippen molar-refractivity contribution in [2.45, 2.75) is 38.8 Å². The van der Waals surface area contributed by atoms with E-state index in [1.54, 1.807) is 20.8 Å². The minimum Gasteiger partial charge on any atom is -0.443 e. The Morgan fingerprint density at radius 2 is 2.20 bits per heavy atom. The third kappa shape index (κ3) is 3.39. The molecule has 1 saturated heterocycles. The van der Waals surface area contributed by atoms with Crippen LogP contribution in [0.5, 0.6) is 0 Å². The topological polar surface area (TPSA) is 84.7 Å². The number of hydrazine groups is 1. The first-order valence-corrected chi connectivity index (χ1v) is 4.86. The highest BCUT2D eigenvalue weighted by molar-refractivity contribution is 5.85. The molecule has 1 rings (SSSR count). The number of nitrogens with one attached hydrogen (secondary N) is 1. The number of ether oxygens (including phenoxy) is 1. The first-order valence-electron chi connectivity index (χ1n) is 4.86. The third-order valence-electron chi connectivity index (χ3n) is 1.87. The lowest BCUT2D eigenvalue weighted by Gasteiger charge is -2.23. The summed E-state index contributed by atoms with van der Waals surface area (Å²) in [7, 11) is 0. The third-order valence-corrected chi connectivity index (χ3v) is 1.87. The maximum absolute atomic E-state index is 11.3. The number of hydrogen-bond acceptors (Lipinski definition) is 4. The summed E-state index contributed by atoms with van der Waals surface area (Å²) >= 11 is 0. The molecule has 1 aliphatic rings. The van der Waals surface area contributed by atoms with Crippen LogP contribution in [0.4, 0.5) is 4.79 Å². The van der Waals surface area contributed by atoms with Crippen molar-refractivity contribution in [3.05, 3.63) is 0 Å². The van der Waals surface area contributed by atoms with Crippen molar-refractivity contribution in [2.75, 3.05) is 6.54 Å². The molecule has 1 aliphatic heterocycles. The number of nitrogens with two attached hydrogens (primary N) is 1. The van der Waals surface area contributed by atoms with Crippen LogP contribution >= 0.6 is 0 Å². The SMILES string of the molecule is CC(C)(C)OC(=O)NN1CC[C@H](N)C1=O. The maximum Gasteiger partial charge on any atom is 0.426 e. The number of carbonyl (C=O) groups is 2. The molecule has 6 nitrogen and oxygen atoms in total. The number of carbonyl (C=O) groups excluding carboxylic acids is 2. The highest BCUT2D eigenvalue weighted by Crippen LogP contribution is 2.09. The van der Waals surface area contributed by atoms with Gasteiger partial charge in [-0.05, 0) is 27.2 Å². The van der Waals surface area contributed by atoms with Crippen LogP contribution in [-0.4, -0.2) is 35.2 Å². The van der Waals surface area contributed by atoms with Gasteiger partial charge in [-0.2, -0.15) is 0 Å². The van der Waals surface area contributed by atoms with Crippen LogP contribution in [-0.2, 0) is 9.53 Å². The van der Waals surface area contributed by atoms with Crippen LogP contribution in [0, 0.1) is 0 Å². The Labute approximate surface area is 88.7 Å². The molecule has 0 radical (unpaired) electrons. The van der Waals surface area contributed by atoms with E-state index >= 15 is 0 Å². The highest BCUT2D eigenvalue weighted by atomic mass is 16.6. The zero-order chi connectivity index (χ0) is 11.6. The van der Waals surface area contributed by atoms with Crippen molar-refractivity contribution >= 4 is 12.0 Å². The molecule has 1 atom stereocenters. The number of amides is 2. The molecule has 0 aromatic heterocycles. The Kier molecular flexibility index (Phi) is 3.18. The first kappa shape index (κ1) is 11.8. The summed E-state index contributed by atoms with van der Waals surface area (Å²) in [4.78, 5) is 22.6. The van der Waals surface area contributed by atoms with Gasteiger partial charge in [0.1, 0.15) is 5.60 Å². The predicted octanol–water partition coefficient (Wildman–Crippen LogP) is -0.0143. The van der Waals surface area contributed by atoms with E-state index in [1.165, 1.54) is 5.01 Å². The van der Waals surface area contributed by atoms with E-state index < -0.39 is 17.7 Å². The molecule has 0 aromatic rings. The molecule has 0 unspecified atom stereocenters. The maximum atomic E-state index is 11.3. The summed E-state index contributed by atoms with van der Waals surface area (Å²) in [5, 5.41) is 1.19. The van der Waals surface area contributed by atoms with Crippen LogP contribution in [0.3, 0.4) is 0 Å². The van der Waals surface area contributed by atoms with Crippen LogP contribution in [0.15, 0.2) is 0 Å². The second-order valence-electron chi connectivity index (χ2n) is 4.50. The molecule has 86 valence electrons. The van der Waals surface area contributed by atoms with Crippen molar-refractivity contribution in [3.63, 3.8) is 0 Å². The molecule has 0 aliphatic carbocycles. The fraction of sp³-hybridized carbons (Fsp3) is 0.778. The fourth-order valence-electron chi connectivity index (χ4n) is 1.22. The van der Waals surface area contributed by atoms with Crippen molar-refractivity contribution in [1.82, 2.24) is 10.4 Å². The Bertz CT molecular complexity index is 272. The molecule has 0 spiro atoms. The fourth-order valence-corrected chi connectivity index (χ4v) is 1.22. The second-order valence-corrected chi connectivity index (χ2v) is 4.50. The summed E-state index contributed by atoms with van der Waals surface area (Å²) in [5.74, 6) is -0.277. The lowest BCUT2D eigenvalue weighted by molar-refractivity contribution is -0.131. The summed E-state index contributed by atoms with van der Waals surface area (Å²) in [5.41, 5.74) is 7.27. The van der Waals surface area contributed by atoms with E-state index in [-0.39, 0.29) is 5.91 Å². The van der Waals surface area contributed by atoms with Gasteiger partial charge in [-0.15, -0.1) is 0 Å². The van der Waals surface area contributed by atoms with Crippen molar-refractivity contribution in [1.29, 1.82) is 0 Å². The van der Waals surface area contributed by atoms with Gasteiger partial charge in [-0.3, -0.25) is 4.79 Å². The second kappa shape index (κ2) is 4.06. The Morgan fingerprint density at radius 3 is 2.60 bits per heavy atom. The van der Waals surface area contributed by atoms with Gasteiger partial charge in [0.25, 0.3) is 5.91 Å². The Morgan fingerprint density at radius 1 is 1.60 bits per heavy atom. The van der Waals surface area contributed by atoms with Gasteiger partial charge in [0, 0.05) is 6.54 Å². The zero-order valence-electron chi connectivity index (χ0n) is 9.24. The zero-order valence-corrected chi connectivity index (χ0v) is 9.24. The van der Waals surface area contributed by atoms with Crippen LogP contribution in [0.25, 0.3) is 0 Å². The van der Waals surface area contributed by atoms with E-state index in [1.807, 2.05) is 0 Å². The monoisotopic (exact) mass is 215 g/mol. The molecular weight excluding hydrogens is 198 g/mol. The van der Waals surface area contributed by atoms with Crippen molar-refractivity contribution in [2.24, 2.45) is 5.73 Å². The summed E-state index contributed by atoms with van der Waals surface area (Å²) in [6, 6.07) is -0.514. The molecule has 3 N–H and O–H groups in total. The molecule has 15 heavy (non-hydrogen) atoms. The lowest BCUT2D eigenvalue weighted by Crippen LogP contribution is -2.47. The molecule has 2 amide bonds. The molecule has 1 heterocycles. The van der Waals surface area contributed by atoms with Gasteiger partial charge in [0.05, 0.1) is 6.04 Å². The number of nitrogens with zero attached hydrogens (tertiary/aromatic N) is 1. The van der Waals surface area contributed by atoms with Crippen molar-refractivity contribution < 1.29 is 14.3 Å². The Hall–Kier alpha value is -1.30. The molecule has 0 bridgehead atoms. The summed E-state index contributed by atoms with van der Waals surface area (Å²) in [6.07, 6.45) is -0.0841. The minimum atomic E-state index is -0.634. The minimum absolute atomic E-state index is 0.277. The van der Waals surface area contributed by atoms with E-state index in [2.05, 4.69) is 5.43 Å².